The minimum absolute atomic E-state index is 0.137. The van der Waals surface area contributed by atoms with E-state index in [-0.39, 0.29) is 11.7 Å². The quantitative estimate of drug-likeness (QED) is 0.551. The van der Waals surface area contributed by atoms with Crippen LogP contribution in [0.2, 0.25) is 0 Å². The number of methoxy groups -OCH3 is 1. The summed E-state index contributed by atoms with van der Waals surface area (Å²) in [6.45, 7) is 0.580. The normalized spacial score (nSPS) is 10.4. The number of ether oxygens (including phenoxy) is 1. The molecule has 2 aromatic rings. The van der Waals surface area contributed by atoms with Crippen LogP contribution in [0.4, 0.5) is 4.39 Å². The molecule has 6 heteroatoms. The molecule has 0 aliphatic rings. The Labute approximate surface area is 147 Å². The molecule has 122 valence electrons. The van der Waals surface area contributed by atoms with Gasteiger partial charge in [-0.1, -0.05) is 0 Å². The second-order valence-corrected chi connectivity index (χ2v) is 6.78. The first kappa shape index (κ1) is 17.8. The van der Waals surface area contributed by atoms with Gasteiger partial charge in [-0.25, -0.2) is 4.39 Å². The van der Waals surface area contributed by atoms with Gasteiger partial charge in [0, 0.05) is 15.9 Å². The molecule has 0 atom stereocenters. The van der Waals surface area contributed by atoms with Gasteiger partial charge in [0.05, 0.1) is 12.7 Å². The molecule has 2 rings (SSSR count). The maximum atomic E-state index is 12.8. The molecular weight excluding hydrogens is 381 g/mol. The molecule has 0 radical (unpaired) electrons. The Morgan fingerprint density at radius 2 is 2.00 bits per heavy atom. The number of benzene rings is 2. The predicted octanol–water partition coefficient (Wildman–Crippen LogP) is 4.51. The average Bonchev–Trinajstić information content (AvgIpc) is 2.56. The Bertz CT molecular complexity index is 664. The van der Waals surface area contributed by atoms with Crippen LogP contribution in [-0.2, 0) is 0 Å². The van der Waals surface area contributed by atoms with E-state index < -0.39 is 0 Å². The number of thioether (sulfide) groups is 1. The number of hydrogen-bond acceptors (Lipinski definition) is 3. The van der Waals surface area contributed by atoms with Gasteiger partial charge in [-0.3, -0.25) is 4.79 Å². The smallest absolute Gasteiger partial charge is 0.252 e. The van der Waals surface area contributed by atoms with E-state index in [4.69, 9.17) is 4.74 Å². The minimum Gasteiger partial charge on any atom is -0.497 e. The lowest BCUT2D eigenvalue weighted by atomic mass is 10.2. The maximum absolute atomic E-state index is 12.8. The first-order valence-electron chi connectivity index (χ1n) is 7.10. The van der Waals surface area contributed by atoms with Crippen molar-refractivity contribution in [1.82, 2.24) is 5.32 Å². The number of hydrogen-bond donors (Lipinski definition) is 1. The van der Waals surface area contributed by atoms with Crippen LogP contribution in [0.5, 0.6) is 5.75 Å². The van der Waals surface area contributed by atoms with Crippen molar-refractivity contribution in [2.24, 2.45) is 0 Å². The summed E-state index contributed by atoms with van der Waals surface area (Å²) in [5.74, 6) is 1.13. The zero-order valence-corrected chi connectivity index (χ0v) is 15.0. The largest absolute Gasteiger partial charge is 0.497 e. The molecule has 1 amide bonds. The lowest BCUT2D eigenvalue weighted by Gasteiger charge is -2.08. The molecule has 0 saturated heterocycles. The molecule has 2 aromatic carbocycles. The monoisotopic (exact) mass is 397 g/mol. The fourth-order valence-electron chi connectivity index (χ4n) is 1.90. The Morgan fingerprint density at radius 3 is 2.70 bits per heavy atom. The molecule has 0 fully saturated rings. The fourth-order valence-corrected chi connectivity index (χ4v) is 3.18. The summed E-state index contributed by atoms with van der Waals surface area (Å²) >= 11 is 5.01. The van der Waals surface area contributed by atoms with Gasteiger partial charge < -0.3 is 10.1 Å². The maximum Gasteiger partial charge on any atom is 0.252 e. The lowest BCUT2D eigenvalue weighted by molar-refractivity contribution is 0.0952. The summed E-state index contributed by atoms with van der Waals surface area (Å²) in [6.07, 6.45) is 0.829. The summed E-state index contributed by atoms with van der Waals surface area (Å²) in [5.41, 5.74) is 0.551. The van der Waals surface area contributed by atoms with Crippen LogP contribution in [0, 0.1) is 5.82 Å². The van der Waals surface area contributed by atoms with E-state index in [9.17, 15) is 9.18 Å². The van der Waals surface area contributed by atoms with Crippen LogP contribution in [-0.4, -0.2) is 25.3 Å². The van der Waals surface area contributed by atoms with Gasteiger partial charge in [0.15, 0.2) is 0 Å². The van der Waals surface area contributed by atoms with Gasteiger partial charge in [0.2, 0.25) is 0 Å². The van der Waals surface area contributed by atoms with Crippen molar-refractivity contribution in [1.29, 1.82) is 0 Å². The Kier molecular flexibility index (Phi) is 6.92. The fraction of sp³-hybridized carbons (Fsp3) is 0.235. The third kappa shape index (κ3) is 5.55. The van der Waals surface area contributed by atoms with Gasteiger partial charge in [-0.15, -0.1) is 11.8 Å². The van der Waals surface area contributed by atoms with Crippen molar-refractivity contribution < 1.29 is 13.9 Å². The Balaban J connectivity index is 1.75. The Morgan fingerprint density at radius 1 is 1.26 bits per heavy atom. The topological polar surface area (TPSA) is 38.3 Å². The van der Waals surface area contributed by atoms with Crippen LogP contribution in [0.15, 0.2) is 51.8 Å². The zero-order valence-electron chi connectivity index (χ0n) is 12.6. The molecule has 1 N–H and O–H groups in total. The van der Waals surface area contributed by atoms with Crippen LogP contribution < -0.4 is 10.1 Å². The number of carbonyl (C=O) groups is 1. The van der Waals surface area contributed by atoms with Gasteiger partial charge in [-0.2, -0.15) is 0 Å². The van der Waals surface area contributed by atoms with Crippen molar-refractivity contribution in [3.8, 4) is 5.75 Å². The summed E-state index contributed by atoms with van der Waals surface area (Å²) in [5, 5.41) is 2.89. The summed E-state index contributed by atoms with van der Waals surface area (Å²) in [6, 6.07) is 11.7. The third-order valence-electron chi connectivity index (χ3n) is 3.11. The summed E-state index contributed by atoms with van der Waals surface area (Å²) in [7, 11) is 1.57. The van der Waals surface area contributed by atoms with E-state index >= 15 is 0 Å². The number of nitrogens with one attached hydrogen (secondary N) is 1. The highest BCUT2D eigenvalue weighted by molar-refractivity contribution is 9.10. The predicted molar refractivity (Wildman–Crippen MR) is 94.8 cm³/mol. The molecule has 23 heavy (non-hydrogen) atoms. The molecule has 0 aliphatic heterocycles. The van der Waals surface area contributed by atoms with E-state index in [0.717, 1.165) is 21.5 Å². The standard InChI is InChI=1S/C17H17BrFNO2S/c1-22-13-5-8-16(18)15(11-13)17(21)20-9-2-10-23-14-6-3-12(19)4-7-14/h3-8,11H,2,9-10H2,1H3,(H,20,21). The molecular formula is C17H17BrFNO2S. The third-order valence-corrected chi connectivity index (χ3v) is 4.90. The SMILES string of the molecule is COc1ccc(Br)c(C(=O)NCCCSc2ccc(F)cc2)c1. The second kappa shape index (κ2) is 8.93. The van der Waals surface area contributed by atoms with Crippen LogP contribution in [0.3, 0.4) is 0 Å². The van der Waals surface area contributed by atoms with Gasteiger partial charge in [0.25, 0.3) is 5.91 Å². The zero-order chi connectivity index (χ0) is 16.7. The molecule has 0 saturated carbocycles. The van der Waals surface area contributed by atoms with Crippen molar-refractivity contribution in [2.45, 2.75) is 11.3 Å². The van der Waals surface area contributed by atoms with Gasteiger partial charge in [0.1, 0.15) is 11.6 Å². The van der Waals surface area contributed by atoms with E-state index in [2.05, 4.69) is 21.2 Å². The van der Waals surface area contributed by atoms with Crippen LogP contribution >= 0.6 is 27.7 Å². The van der Waals surface area contributed by atoms with Crippen molar-refractivity contribution in [3.63, 3.8) is 0 Å². The molecule has 0 heterocycles. The van der Waals surface area contributed by atoms with Crippen molar-refractivity contribution >= 4 is 33.6 Å². The summed E-state index contributed by atoms with van der Waals surface area (Å²) < 4.78 is 18.7. The number of amides is 1. The molecule has 0 bridgehead atoms. The summed E-state index contributed by atoms with van der Waals surface area (Å²) in [4.78, 5) is 13.2. The van der Waals surface area contributed by atoms with E-state index in [1.807, 2.05) is 0 Å². The molecule has 0 unspecified atom stereocenters. The van der Waals surface area contributed by atoms with Gasteiger partial charge >= 0.3 is 0 Å². The highest BCUT2D eigenvalue weighted by Gasteiger charge is 2.10. The van der Waals surface area contributed by atoms with Crippen LogP contribution in [0.25, 0.3) is 0 Å². The van der Waals surface area contributed by atoms with E-state index in [0.29, 0.717) is 17.9 Å². The average molecular weight is 398 g/mol. The lowest BCUT2D eigenvalue weighted by Crippen LogP contribution is -2.25. The molecule has 3 nitrogen and oxygen atoms in total. The highest BCUT2D eigenvalue weighted by atomic mass is 79.9. The van der Waals surface area contributed by atoms with Crippen molar-refractivity contribution in [2.75, 3.05) is 19.4 Å². The minimum atomic E-state index is -0.231. The molecule has 0 aliphatic carbocycles. The number of rotatable bonds is 7. The second-order valence-electron chi connectivity index (χ2n) is 4.76. The molecule has 0 spiro atoms. The first-order chi connectivity index (χ1) is 11.1. The molecule has 0 aromatic heterocycles. The number of carbonyl (C=O) groups excluding carboxylic acids is 1. The Hall–Kier alpha value is -1.53. The number of halogens is 2. The van der Waals surface area contributed by atoms with E-state index in [1.54, 1.807) is 49.2 Å². The highest BCUT2D eigenvalue weighted by Crippen LogP contribution is 2.22. The van der Waals surface area contributed by atoms with Crippen LogP contribution in [0.1, 0.15) is 16.8 Å². The van der Waals surface area contributed by atoms with Gasteiger partial charge in [-0.05, 0) is 70.6 Å². The van der Waals surface area contributed by atoms with E-state index in [1.165, 1.54) is 12.1 Å². The first-order valence-corrected chi connectivity index (χ1v) is 8.88. The van der Waals surface area contributed by atoms with Crippen molar-refractivity contribution in [3.05, 3.63) is 58.3 Å².